The van der Waals surface area contributed by atoms with E-state index in [-0.39, 0.29) is 0 Å². The van der Waals surface area contributed by atoms with Gasteiger partial charge in [-0.15, -0.1) is 0 Å². The molecule has 0 aromatic heterocycles. The SMILES string of the molecule is CC(C)(COC(=O)C(F)(F)F)C(C#N)OC(=O)C(F)(F)F. The molecule has 0 aliphatic rings. The fourth-order valence-electron chi connectivity index (χ4n) is 0.944. The Morgan fingerprint density at radius 1 is 1.05 bits per heavy atom. The van der Waals surface area contributed by atoms with Crippen LogP contribution in [0.25, 0.3) is 0 Å². The van der Waals surface area contributed by atoms with Gasteiger partial charge >= 0.3 is 24.3 Å². The molecule has 0 aromatic carbocycles. The van der Waals surface area contributed by atoms with Crippen LogP contribution in [0.5, 0.6) is 0 Å². The summed E-state index contributed by atoms with van der Waals surface area (Å²) in [5.41, 5.74) is -1.78. The third-order valence-electron chi connectivity index (χ3n) is 2.09. The normalized spacial score (nSPS) is 14.0. The molecule has 0 aromatic rings. The van der Waals surface area contributed by atoms with Crippen LogP contribution in [0.2, 0.25) is 0 Å². The molecule has 0 aliphatic heterocycles. The highest BCUT2D eigenvalue weighted by atomic mass is 19.4. The average Bonchev–Trinajstić information content (AvgIpc) is 2.29. The van der Waals surface area contributed by atoms with Crippen molar-refractivity contribution in [3.8, 4) is 6.07 Å². The van der Waals surface area contributed by atoms with E-state index in [9.17, 15) is 35.9 Å². The van der Waals surface area contributed by atoms with Gasteiger partial charge in [-0.3, -0.25) is 0 Å². The summed E-state index contributed by atoms with van der Waals surface area (Å²) in [6, 6.07) is 1.19. The van der Waals surface area contributed by atoms with Gasteiger partial charge in [0.25, 0.3) is 0 Å². The number of ether oxygens (including phenoxy) is 2. The van der Waals surface area contributed by atoms with E-state index < -0.39 is 42.4 Å². The number of carbonyl (C=O) groups excluding carboxylic acids is 2. The number of alkyl halides is 6. The van der Waals surface area contributed by atoms with Crippen molar-refractivity contribution in [1.82, 2.24) is 0 Å². The fourth-order valence-corrected chi connectivity index (χ4v) is 0.944. The molecule has 0 heterocycles. The average molecular weight is 321 g/mol. The molecule has 0 N–H and O–H groups in total. The lowest BCUT2D eigenvalue weighted by molar-refractivity contribution is -0.212. The van der Waals surface area contributed by atoms with E-state index in [2.05, 4.69) is 9.47 Å². The van der Waals surface area contributed by atoms with Crippen LogP contribution in [0.4, 0.5) is 26.3 Å². The Morgan fingerprint density at radius 3 is 1.81 bits per heavy atom. The summed E-state index contributed by atoms with van der Waals surface area (Å²) in [5, 5.41) is 8.64. The van der Waals surface area contributed by atoms with Crippen LogP contribution in [-0.2, 0) is 19.1 Å². The summed E-state index contributed by atoms with van der Waals surface area (Å²) in [6.07, 6.45) is -12.7. The molecular weight excluding hydrogens is 312 g/mol. The summed E-state index contributed by atoms with van der Waals surface area (Å²) < 4.78 is 79.3. The number of hydrogen-bond donors (Lipinski definition) is 0. The van der Waals surface area contributed by atoms with Crippen LogP contribution >= 0.6 is 0 Å². The molecule has 1 unspecified atom stereocenters. The molecule has 0 saturated carbocycles. The van der Waals surface area contributed by atoms with Gasteiger partial charge in [0, 0.05) is 5.41 Å². The van der Waals surface area contributed by atoms with Gasteiger partial charge in [0.15, 0.2) is 6.10 Å². The lowest BCUT2D eigenvalue weighted by Gasteiger charge is -2.28. The zero-order chi connectivity index (χ0) is 17.1. The zero-order valence-corrected chi connectivity index (χ0v) is 10.6. The minimum atomic E-state index is -5.37. The Labute approximate surface area is 114 Å². The van der Waals surface area contributed by atoms with Crippen molar-refractivity contribution in [3.05, 3.63) is 0 Å². The highest BCUT2D eigenvalue weighted by Gasteiger charge is 2.46. The van der Waals surface area contributed by atoms with E-state index in [0.717, 1.165) is 13.8 Å². The molecule has 0 rings (SSSR count). The van der Waals surface area contributed by atoms with E-state index in [1.54, 1.807) is 0 Å². The molecule has 11 heteroatoms. The monoisotopic (exact) mass is 321 g/mol. The molecule has 0 fully saturated rings. The van der Waals surface area contributed by atoms with Crippen LogP contribution < -0.4 is 0 Å². The van der Waals surface area contributed by atoms with E-state index in [0.29, 0.717) is 0 Å². The largest absolute Gasteiger partial charge is 0.490 e. The molecule has 0 aliphatic carbocycles. The zero-order valence-electron chi connectivity index (χ0n) is 10.6. The fraction of sp³-hybridized carbons (Fsp3) is 0.700. The Balaban J connectivity index is 4.84. The molecule has 0 radical (unpaired) electrons. The summed E-state index contributed by atoms with van der Waals surface area (Å²) in [7, 11) is 0. The number of halogens is 6. The maximum absolute atomic E-state index is 12.0. The van der Waals surface area contributed by atoms with Gasteiger partial charge in [-0.2, -0.15) is 31.6 Å². The Bertz CT molecular complexity index is 448. The highest BCUT2D eigenvalue weighted by molar-refractivity contribution is 5.76. The summed E-state index contributed by atoms with van der Waals surface area (Å²) >= 11 is 0. The second kappa shape index (κ2) is 6.19. The maximum Gasteiger partial charge on any atom is 0.490 e. The lowest BCUT2D eigenvalue weighted by Crippen LogP contribution is -2.41. The first-order chi connectivity index (χ1) is 9.21. The smallest absolute Gasteiger partial charge is 0.458 e. The van der Waals surface area contributed by atoms with E-state index in [4.69, 9.17) is 5.26 Å². The van der Waals surface area contributed by atoms with Crippen LogP contribution in [0.15, 0.2) is 0 Å². The number of hydrogen-bond acceptors (Lipinski definition) is 5. The first kappa shape index (κ1) is 19.0. The molecule has 21 heavy (non-hydrogen) atoms. The Hall–Kier alpha value is -1.99. The van der Waals surface area contributed by atoms with Gasteiger partial charge < -0.3 is 9.47 Å². The van der Waals surface area contributed by atoms with Gasteiger partial charge in [0.2, 0.25) is 0 Å². The Morgan fingerprint density at radius 2 is 1.48 bits per heavy atom. The molecular formula is C10H9F6NO4. The van der Waals surface area contributed by atoms with Gasteiger partial charge in [-0.05, 0) is 0 Å². The topological polar surface area (TPSA) is 76.4 Å². The second-order valence-corrected chi connectivity index (χ2v) is 4.47. The second-order valence-electron chi connectivity index (χ2n) is 4.47. The van der Waals surface area contributed by atoms with E-state index in [1.807, 2.05) is 0 Å². The van der Waals surface area contributed by atoms with Crippen molar-refractivity contribution in [3.63, 3.8) is 0 Å². The summed E-state index contributed by atoms with van der Waals surface area (Å²) in [5.74, 6) is -5.25. The van der Waals surface area contributed by atoms with Gasteiger partial charge in [-0.1, -0.05) is 13.8 Å². The van der Waals surface area contributed by atoms with Gasteiger partial charge in [0.05, 0.1) is 0 Å². The first-order valence-electron chi connectivity index (χ1n) is 5.13. The third kappa shape index (κ3) is 5.88. The van der Waals surface area contributed by atoms with Crippen molar-refractivity contribution in [2.75, 3.05) is 6.61 Å². The van der Waals surface area contributed by atoms with Crippen molar-refractivity contribution < 1.29 is 45.4 Å². The molecule has 1 atom stereocenters. The molecule has 0 saturated heterocycles. The number of esters is 2. The predicted octanol–water partition coefficient (Wildman–Crippen LogP) is 2.12. The van der Waals surface area contributed by atoms with Crippen LogP contribution in [0.1, 0.15) is 13.8 Å². The Kier molecular flexibility index (Phi) is 5.61. The highest BCUT2D eigenvalue weighted by Crippen LogP contribution is 2.28. The van der Waals surface area contributed by atoms with Gasteiger partial charge in [-0.25, -0.2) is 9.59 Å². The molecule has 120 valence electrons. The van der Waals surface area contributed by atoms with Crippen molar-refractivity contribution >= 4 is 11.9 Å². The van der Waals surface area contributed by atoms with Crippen molar-refractivity contribution in [2.45, 2.75) is 32.3 Å². The van der Waals surface area contributed by atoms with Crippen LogP contribution in [-0.4, -0.2) is 37.0 Å². The van der Waals surface area contributed by atoms with Crippen LogP contribution in [0.3, 0.4) is 0 Å². The lowest BCUT2D eigenvalue weighted by atomic mass is 9.88. The molecule has 0 spiro atoms. The van der Waals surface area contributed by atoms with Crippen LogP contribution in [0, 0.1) is 16.7 Å². The van der Waals surface area contributed by atoms with E-state index in [1.165, 1.54) is 6.07 Å². The minimum absolute atomic E-state index is 0.994. The first-order valence-corrected chi connectivity index (χ1v) is 5.13. The van der Waals surface area contributed by atoms with Crippen molar-refractivity contribution in [2.24, 2.45) is 5.41 Å². The number of rotatable bonds is 4. The maximum atomic E-state index is 12.0. The number of carbonyl (C=O) groups is 2. The number of nitriles is 1. The molecule has 5 nitrogen and oxygen atoms in total. The number of nitrogens with zero attached hydrogens (tertiary/aromatic N) is 1. The summed E-state index contributed by atoms with van der Waals surface area (Å²) in [6.45, 7) is 0.914. The standard InChI is InChI=1S/C10H9F6NO4/c1-8(2,4-20-6(18)9(11,12)13)5(3-17)21-7(19)10(14,15)16/h5H,4H2,1-2H3. The minimum Gasteiger partial charge on any atom is -0.458 e. The summed E-state index contributed by atoms with van der Waals surface area (Å²) in [4.78, 5) is 21.1. The molecule has 0 amide bonds. The predicted molar refractivity (Wildman–Crippen MR) is 52.3 cm³/mol. The third-order valence-corrected chi connectivity index (χ3v) is 2.09. The quantitative estimate of drug-likeness (QED) is 0.585. The van der Waals surface area contributed by atoms with Crippen molar-refractivity contribution in [1.29, 1.82) is 5.26 Å². The van der Waals surface area contributed by atoms with E-state index >= 15 is 0 Å². The van der Waals surface area contributed by atoms with Gasteiger partial charge in [0.1, 0.15) is 12.7 Å². The molecule has 0 bridgehead atoms.